The number of hydrogen-bond acceptors (Lipinski definition) is 4. The molecule has 0 unspecified atom stereocenters. The summed E-state index contributed by atoms with van der Waals surface area (Å²) in [6.45, 7) is 4.69. The molecule has 2 aromatic heterocycles. The van der Waals surface area contributed by atoms with E-state index in [1.54, 1.807) is 24.3 Å². The van der Waals surface area contributed by atoms with Crippen LogP contribution in [0.25, 0.3) is 10.2 Å². The number of nitriles is 1. The van der Waals surface area contributed by atoms with Gasteiger partial charge in [0.1, 0.15) is 4.83 Å². The fourth-order valence-electron chi connectivity index (χ4n) is 3.06. The lowest BCUT2D eigenvalue weighted by molar-refractivity contribution is 0.103. The van der Waals surface area contributed by atoms with Gasteiger partial charge >= 0.3 is 0 Å². The Labute approximate surface area is 166 Å². The maximum atomic E-state index is 12.7. The zero-order valence-electron chi connectivity index (χ0n) is 15.6. The van der Waals surface area contributed by atoms with E-state index in [0.29, 0.717) is 22.7 Å². The predicted octanol–water partition coefficient (Wildman–Crippen LogP) is 4.89. The fourth-order valence-corrected chi connectivity index (χ4v) is 4.11. The van der Waals surface area contributed by atoms with Crippen molar-refractivity contribution in [3.63, 3.8) is 0 Å². The van der Waals surface area contributed by atoms with Crippen molar-refractivity contribution in [2.24, 2.45) is 0 Å². The summed E-state index contributed by atoms with van der Waals surface area (Å²) in [7, 11) is 0. The average molecular weight is 386 g/mol. The first-order valence-corrected chi connectivity index (χ1v) is 9.69. The highest BCUT2D eigenvalue weighted by Crippen LogP contribution is 2.29. The van der Waals surface area contributed by atoms with E-state index in [2.05, 4.69) is 47.7 Å². The predicted molar refractivity (Wildman–Crippen MR) is 112 cm³/mol. The Hall–Kier alpha value is -3.43. The van der Waals surface area contributed by atoms with E-state index in [1.807, 2.05) is 17.7 Å². The standard InChI is InChI=1S/C22H18N4OS/c1-14-6-8-16(9-7-14)13-26-22-19(15(2)25-26)11-20(28-22)21(27)24-18-5-3-4-17(10-18)12-23/h3-11H,13H2,1-2H3,(H,24,27). The van der Waals surface area contributed by atoms with Crippen LogP contribution >= 0.6 is 11.3 Å². The van der Waals surface area contributed by atoms with Gasteiger partial charge in [0.25, 0.3) is 5.91 Å². The molecule has 0 fully saturated rings. The number of hydrogen-bond donors (Lipinski definition) is 1. The van der Waals surface area contributed by atoms with Gasteiger partial charge in [0.2, 0.25) is 0 Å². The molecule has 2 heterocycles. The number of amides is 1. The summed E-state index contributed by atoms with van der Waals surface area (Å²) in [6.07, 6.45) is 0. The summed E-state index contributed by atoms with van der Waals surface area (Å²) < 4.78 is 1.95. The number of nitrogens with zero attached hydrogens (tertiary/aromatic N) is 3. The number of benzene rings is 2. The van der Waals surface area contributed by atoms with Crippen molar-refractivity contribution in [2.45, 2.75) is 20.4 Å². The van der Waals surface area contributed by atoms with Crippen molar-refractivity contribution in [3.8, 4) is 6.07 Å². The summed E-state index contributed by atoms with van der Waals surface area (Å²) in [6, 6.07) is 19.2. The molecule has 0 aliphatic rings. The number of fused-ring (bicyclic) bond motifs is 1. The molecule has 0 atom stereocenters. The summed E-state index contributed by atoms with van der Waals surface area (Å²) in [4.78, 5) is 14.3. The minimum Gasteiger partial charge on any atom is -0.321 e. The van der Waals surface area contributed by atoms with E-state index in [0.717, 1.165) is 15.9 Å². The number of aromatic nitrogens is 2. The third-order valence-corrected chi connectivity index (χ3v) is 5.68. The molecule has 5 nitrogen and oxygen atoms in total. The zero-order valence-corrected chi connectivity index (χ0v) is 16.4. The zero-order chi connectivity index (χ0) is 19.7. The number of aryl methyl sites for hydroxylation is 2. The summed E-state index contributed by atoms with van der Waals surface area (Å²) >= 11 is 1.43. The Kier molecular flexibility index (Phi) is 4.68. The van der Waals surface area contributed by atoms with Gasteiger partial charge in [-0.1, -0.05) is 35.9 Å². The van der Waals surface area contributed by atoms with Crippen LogP contribution in [0.1, 0.15) is 32.1 Å². The largest absolute Gasteiger partial charge is 0.321 e. The number of nitrogens with one attached hydrogen (secondary N) is 1. The smallest absolute Gasteiger partial charge is 0.265 e. The molecule has 0 aliphatic heterocycles. The van der Waals surface area contributed by atoms with Gasteiger partial charge in [0, 0.05) is 11.1 Å². The molecule has 6 heteroatoms. The Morgan fingerprint density at radius 3 is 2.71 bits per heavy atom. The van der Waals surface area contributed by atoms with Gasteiger partial charge < -0.3 is 5.32 Å². The molecule has 0 saturated carbocycles. The third kappa shape index (κ3) is 3.53. The molecule has 0 saturated heterocycles. The van der Waals surface area contributed by atoms with Crippen LogP contribution < -0.4 is 5.32 Å². The van der Waals surface area contributed by atoms with Crippen molar-refractivity contribution >= 4 is 33.1 Å². The van der Waals surface area contributed by atoms with Crippen molar-refractivity contribution in [3.05, 3.63) is 81.9 Å². The molecule has 28 heavy (non-hydrogen) atoms. The first kappa shape index (κ1) is 18.0. The second kappa shape index (κ2) is 7.29. The molecule has 1 amide bonds. The molecule has 0 radical (unpaired) electrons. The van der Waals surface area contributed by atoms with Crippen molar-refractivity contribution in [1.29, 1.82) is 5.26 Å². The number of anilines is 1. The van der Waals surface area contributed by atoms with E-state index < -0.39 is 0 Å². The maximum Gasteiger partial charge on any atom is 0.265 e. The Morgan fingerprint density at radius 1 is 1.18 bits per heavy atom. The lowest BCUT2D eigenvalue weighted by atomic mass is 10.1. The molecule has 2 aromatic carbocycles. The van der Waals surface area contributed by atoms with Gasteiger partial charge in [-0.2, -0.15) is 10.4 Å². The van der Waals surface area contributed by atoms with Gasteiger partial charge in [0.15, 0.2) is 0 Å². The Morgan fingerprint density at radius 2 is 1.96 bits per heavy atom. The fraction of sp³-hybridized carbons (Fsp3) is 0.136. The molecular weight excluding hydrogens is 368 g/mol. The van der Waals surface area contributed by atoms with E-state index >= 15 is 0 Å². The minimum absolute atomic E-state index is 0.183. The first-order valence-electron chi connectivity index (χ1n) is 8.87. The average Bonchev–Trinajstić information content (AvgIpc) is 3.25. The molecular formula is C22H18N4OS. The normalized spacial score (nSPS) is 10.8. The van der Waals surface area contributed by atoms with Crippen LogP contribution in [-0.2, 0) is 6.54 Å². The van der Waals surface area contributed by atoms with Gasteiger partial charge in [-0.25, -0.2) is 0 Å². The van der Waals surface area contributed by atoms with Crippen LogP contribution in [0.15, 0.2) is 54.6 Å². The van der Waals surface area contributed by atoms with Crippen LogP contribution in [0.3, 0.4) is 0 Å². The Bertz CT molecular complexity index is 1210. The topological polar surface area (TPSA) is 70.7 Å². The van der Waals surface area contributed by atoms with Crippen LogP contribution in [0.2, 0.25) is 0 Å². The third-order valence-electron chi connectivity index (χ3n) is 4.53. The summed E-state index contributed by atoms with van der Waals surface area (Å²) in [5.74, 6) is -0.183. The molecule has 0 aliphatic carbocycles. The molecule has 0 spiro atoms. The first-order chi connectivity index (χ1) is 13.5. The van der Waals surface area contributed by atoms with Gasteiger partial charge in [0.05, 0.1) is 28.7 Å². The highest BCUT2D eigenvalue weighted by molar-refractivity contribution is 7.20. The van der Waals surface area contributed by atoms with Gasteiger partial charge in [-0.15, -0.1) is 11.3 Å². The van der Waals surface area contributed by atoms with Crippen LogP contribution in [0, 0.1) is 25.2 Å². The van der Waals surface area contributed by atoms with E-state index in [-0.39, 0.29) is 5.91 Å². The molecule has 0 bridgehead atoms. The number of thiophene rings is 1. The lowest BCUT2D eigenvalue weighted by Gasteiger charge is -2.04. The molecule has 138 valence electrons. The van der Waals surface area contributed by atoms with Crippen LogP contribution in [0.5, 0.6) is 0 Å². The quantitative estimate of drug-likeness (QED) is 0.543. The Balaban J connectivity index is 1.61. The summed E-state index contributed by atoms with van der Waals surface area (Å²) in [5, 5.41) is 17.5. The van der Waals surface area contributed by atoms with Crippen molar-refractivity contribution in [2.75, 3.05) is 5.32 Å². The summed E-state index contributed by atoms with van der Waals surface area (Å²) in [5.41, 5.74) is 4.42. The number of rotatable bonds is 4. The van der Waals surface area contributed by atoms with Crippen LogP contribution in [0.4, 0.5) is 5.69 Å². The van der Waals surface area contributed by atoms with Crippen LogP contribution in [-0.4, -0.2) is 15.7 Å². The number of carbonyl (C=O) groups excluding carboxylic acids is 1. The highest BCUT2D eigenvalue weighted by Gasteiger charge is 2.17. The molecule has 1 N–H and O–H groups in total. The van der Waals surface area contributed by atoms with E-state index in [1.165, 1.54) is 22.5 Å². The minimum atomic E-state index is -0.183. The molecule has 4 aromatic rings. The SMILES string of the molecule is Cc1ccc(Cn2nc(C)c3cc(C(=O)Nc4cccc(C#N)c4)sc32)cc1. The maximum absolute atomic E-state index is 12.7. The van der Waals surface area contributed by atoms with E-state index in [9.17, 15) is 4.79 Å². The van der Waals surface area contributed by atoms with Crippen molar-refractivity contribution < 1.29 is 4.79 Å². The molecule has 4 rings (SSSR count). The van der Waals surface area contributed by atoms with E-state index in [4.69, 9.17) is 5.26 Å². The number of carbonyl (C=O) groups is 1. The monoisotopic (exact) mass is 386 g/mol. The van der Waals surface area contributed by atoms with Crippen molar-refractivity contribution in [1.82, 2.24) is 9.78 Å². The second-order valence-corrected chi connectivity index (χ2v) is 7.74. The highest BCUT2D eigenvalue weighted by atomic mass is 32.1. The van der Waals surface area contributed by atoms with Gasteiger partial charge in [-0.3, -0.25) is 9.48 Å². The lowest BCUT2D eigenvalue weighted by Crippen LogP contribution is -2.10. The second-order valence-electron chi connectivity index (χ2n) is 6.70. The van der Waals surface area contributed by atoms with Gasteiger partial charge in [-0.05, 0) is 43.7 Å².